The summed E-state index contributed by atoms with van der Waals surface area (Å²) in [6.45, 7) is 6.98. The van der Waals surface area contributed by atoms with E-state index in [1.54, 1.807) is 6.20 Å². The number of anilines is 1. The molecule has 0 unspecified atom stereocenters. The molecular formula is C18H20Cl2N6O. The Morgan fingerprint density at radius 2 is 1.78 bits per heavy atom. The highest BCUT2D eigenvalue weighted by molar-refractivity contribution is 5.95. The van der Waals surface area contributed by atoms with E-state index in [2.05, 4.69) is 58.8 Å². The molecule has 0 fully saturated rings. The summed E-state index contributed by atoms with van der Waals surface area (Å²) in [6, 6.07) is 6.27. The number of nitrogens with two attached hydrogens (primary N) is 1. The zero-order valence-electron chi connectivity index (χ0n) is 15.1. The summed E-state index contributed by atoms with van der Waals surface area (Å²) in [5.41, 5.74) is 12.7. The summed E-state index contributed by atoms with van der Waals surface area (Å²) >= 11 is 0. The lowest BCUT2D eigenvalue weighted by Crippen LogP contribution is -2.01. The minimum atomic E-state index is 0. The predicted molar refractivity (Wildman–Crippen MR) is 110 cm³/mol. The van der Waals surface area contributed by atoms with Gasteiger partial charge in [0, 0.05) is 18.3 Å². The van der Waals surface area contributed by atoms with Crippen molar-refractivity contribution in [2.24, 2.45) is 0 Å². The molecule has 0 saturated heterocycles. The van der Waals surface area contributed by atoms with Crippen LogP contribution in [0.2, 0.25) is 0 Å². The third-order valence-corrected chi connectivity index (χ3v) is 4.44. The highest BCUT2D eigenvalue weighted by atomic mass is 35.5. The molecule has 0 aliphatic rings. The smallest absolute Gasteiger partial charge is 0.199 e. The van der Waals surface area contributed by atoms with Crippen LogP contribution >= 0.6 is 24.8 Å². The third-order valence-electron chi connectivity index (χ3n) is 4.44. The van der Waals surface area contributed by atoms with Crippen LogP contribution in [0.4, 0.5) is 5.82 Å². The minimum absolute atomic E-state index is 0. The molecule has 1 aromatic carbocycles. The highest BCUT2D eigenvalue weighted by Crippen LogP contribution is 2.35. The first-order valence-corrected chi connectivity index (χ1v) is 8.11. The molecule has 0 amide bonds. The maximum Gasteiger partial charge on any atom is 0.199 e. The van der Waals surface area contributed by atoms with E-state index in [-0.39, 0.29) is 30.6 Å². The number of nitrogen functional groups attached to an aromatic ring is 1. The van der Waals surface area contributed by atoms with Crippen LogP contribution in [0.1, 0.15) is 18.1 Å². The first kappa shape index (κ1) is 20.7. The van der Waals surface area contributed by atoms with Crippen LogP contribution in [-0.4, -0.2) is 24.8 Å². The largest absolute Gasteiger partial charge is 0.379 e. The van der Waals surface area contributed by atoms with Crippen molar-refractivity contribution in [1.82, 2.24) is 24.8 Å². The van der Waals surface area contributed by atoms with Crippen molar-refractivity contribution in [3.05, 3.63) is 41.7 Å². The second kappa shape index (κ2) is 7.94. The molecule has 2 N–H and O–H groups in total. The van der Waals surface area contributed by atoms with E-state index in [0.717, 1.165) is 16.6 Å². The SMILES string of the molecule is CCn1c(-c2nonc2N)nc2cncc(-c3c(C)cccc3C)c21.Cl.Cl. The topological polar surface area (TPSA) is 95.7 Å². The molecule has 0 spiro atoms. The van der Waals surface area contributed by atoms with Crippen LogP contribution in [0.3, 0.4) is 0 Å². The average molecular weight is 407 g/mol. The molecule has 3 aromatic heterocycles. The summed E-state index contributed by atoms with van der Waals surface area (Å²) in [4.78, 5) is 9.09. The summed E-state index contributed by atoms with van der Waals surface area (Å²) in [5.74, 6) is 0.864. The monoisotopic (exact) mass is 406 g/mol. The number of rotatable bonds is 3. The Bertz CT molecular complexity index is 1070. The normalized spacial score (nSPS) is 10.5. The standard InChI is InChI=1S/C18H18N6O.2ClH/c1-4-24-16-12(14-10(2)6-5-7-11(14)3)8-20-9-13(16)21-18(24)15-17(19)23-25-22-15;;/h5-9H,4H2,1-3H3,(H2,19,23);2*1H. The molecule has 0 aliphatic carbocycles. The number of imidazole rings is 1. The molecule has 142 valence electrons. The average Bonchev–Trinajstić information content (AvgIpc) is 3.17. The van der Waals surface area contributed by atoms with E-state index in [1.807, 2.05) is 6.20 Å². The van der Waals surface area contributed by atoms with E-state index >= 15 is 0 Å². The number of nitrogens with zero attached hydrogens (tertiary/aromatic N) is 5. The summed E-state index contributed by atoms with van der Waals surface area (Å²) in [7, 11) is 0. The van der Waals surface area contributed by atoms with Crippen molar-refractivity contribution in [1.29, 1.82) is 0 Å². The quantitative estimate of drug-likeness (QED) is 0.547. The van der Waals surface area contributed by atoms with Crippen molar-refractivity contribution < 1.29 is 4.63 Å². The number of aromatic nitrogens is 5. The molecule has 27 heavy (non-hydrogen) atoms. The van der Waals surface area contributed by atoms with Crippen LogP contribution in [0.5, 0.6) is 0 Å². The van der Waals surface area contributed by atoms with Crippen molar-refractivity contribution >= 4 is 41.7 Å². The van der Waals surface area contributed by atoms with Crippen LogP contribution in [0.25, 0.3) is 33.7 Å². The minimum Gasteiger partial charge on any atom is -0.379 e. The lowest BCUT2D eigenvalue weighted by atomic mass is 9.96. The Morgan fingerprint density at radius 3 is 2.37 bits per heavy atom. The number of fused-ring (bicyclic) bond motifs is 1. The molecule has 3 heterocycles. The number of hydrogen-bond donors (Lipinski definition) is 1. The molecule has 9 heteroatoms. The van der Waals surface area contributed by atoms with Gasteiger partial charge in [0.05, 0.1) is 11.7 Å². The van der Waals surface area contributed by atoms with Crippen molar-refractivity contribution in [2.45, 2.75) is 27.3 Å². The van der Waals surface area contributed by atoms with Crippen molar-refractivity contribution in [3.63, 3.8) is 0 Å². The van der Waals surface area contributed by atoms with Gasteiger partial charge in [-0.1, -0.05) is 18.2 Å². The summed E-state index contributed by atoms with van der Waals surface area (Å²) in [5, 5.41) is 7.58. The van der Waals surface area contributed by atoms with Crippen LogP contribution < -0.4 is 5.73 Å². The first-order chi connectivity index (χ1) is 12.1. The van der Waals surface area contributed by atoms with Crippen molar-refractivity contribution in [2.75, 3.05) is 5.73 Å². The maximum absolute atomic E-state index is 5.88. The van der Waals surface area contributed by atoms with E-state index in [0.29, 0.717) is 18.1 Å². The van der Waals surface area contributed by atoms with E-state index < -0.39 is 0 Å². The van der Waals surface area contributed by atoms with Gasteiger partial charge in [-0.05, 0) is 47.8 Å². The Hall–Kier alpha value is -2.64. The van der Waals surface area contributed by atoms with Crippen LogP contribution in [0.15, 0.2) is 35.2 Å². The predicted octanol–water partition coefficient (Wildman–Crippen LogP) is 4.21. The van der Waals surface area contributed by atoms with E-state index in [4.69, 9.17) is 15.3 Å². The second-order valence-electron chi connectivity index (χ2n) is 6.00. The van der Waals surface area contributed by atoms with Gasteiger partial charge < -0.3 is 10.3 Å². The molecule has 0 aliphatic heterocycles. The molecule has 0 saturated carbocycles. The lowest BCUT2D eigenvalue weighted by Gasteiger charge is -2.13. The Balaban J connectivity index is 0.00000131. The molecule has 7 nitrogen and oxygen atoms in total. The van der Waals surface area contributed by atoms with Gasteiger partial charge in [-0.25, -0.2) is 9.61 Å². The van der Waals surface area contributed by atoms with Gasteiger partial charge in [0.15, 0.2) is 17.3 Å². The van der Waals surface area contributed by atoms with Crippen LogP contribution in [0, 0.1) is 13.8 Å². The fraction of sp³-hybridized carbons (Fsp3) is 0.222. The Kier molecular flexibility index (Phi) is 6.08. The molecule has 0 radical (unpaired) electrons. The van der Waals surface area contributed by atoms with Crippen molar-refractivity contribution in [3.8, 4) is 22.6 Å². The molecule has 4 aromatic rings. The number of benzene rings is 1. The number of hydrogen-bond acceptors (Lipinski definition) is 6. The van der Waals surface area contributed by atoms with Gasteiger partial charge in [-0.15, -0.1) is 24.8 Å². The summed E-state index contributed by atoms with van der Waals surface area (Å²) in [6.07, 6.45) is 3.64. The maximum atomic E-state index is 5.88. The van der Waals surface area contributed by atoms with Gasteiger partial charge in [0.1, 0.15) is 5.52 Å². The van der Waals surface area contributed by atoms with Gasteiger partial charge in [0.25, 0.3) is 0 Å². The fourth-order valence-electron chi connectivity index (χ4n) is 3.35. The zero-order valence-corrected chi connectivity index (χ0v) is 16.8. The lowest BCUT2D eigenvalue weighted by molar-refractivity contribution is 0.310. The molecule has 0 bridgehead atoms. The highest BCUT2D eigenvalue weighted by Gasteiger charge is 2.21. The Morgan fingerprint density at radius 1 is 1.07 bits per heavy atom. The Labute approximate surface area is 168 Å². The molecular weight excluding hydrogens is 387 g/mol. The first-order valence-electron chi connectivity index (χ1n) is 8.11. The second-order valence-corrected chi connectivity index (χ2v) is 6.00. The number of halogens is 2. The number of aryl methyl sites for hydroxylation is 3. The van der Waals surface area contributed by atoms with E-state index in [1.165, 1.54) is 16.7 Å². The van der Waals surface area contributed by atoms with Gasteiger partial charge >= 0.3 is 0 Å². The number of pyridine rings is 1. The summed E-state index contributed by atoms with van der Waals surface area (Å²) < 4.78 is 6.83. The van der Waals surface area contributed by atoms with Gasteiger partial charge in [0.2, 0.25) is 0 Å². The third kappa shape index (κ3) is 3.24. The van der Waals surface area contributed by atoms with E-state index in [9.17, 15) is 0 Å². The van der Waals surface area contributed by atoms with Gasteiger partial charge in [-0.3, -0.25) is 4.98 Å². The molecule has 4 rings (SSSR count). The molecule has 0 atom stereocenters. The fourth-order valence-corrected chi connectivity index (χ4v) is 3.35. The zero-order chi connectivity index (χ0) is 17.6. The van der Waals surface area contributed by atoms with Gasteiger partial charge in [-0.2, -0.15) is 0 Å². The van der Waals surface area contributed by atoms with Crippen LogP contribution in [-0.2, 0) is 6.54 Å².